The molecule has 0 amide bonds. The fourth-order valence-electron chi connectivity index (χ4n) is 6.54. The van der Waals surface area contributed by atoms with Gasteiger partial charge in [-0.05, 0) is 46.5 Å². The van der Waals surface area contributed by atoms with Gasteiger partial charge in [0.1, 0.15) is 0 Å². The van der Waals surface area contributed by atoms with Gasteiger partial charge in [-0.25, -0.2) is 0 Å². The molecule has 0 bridgehead atoms. The number of para-hydroxylation sites is 2. The van der Waals surface area contributed by atoms with Crippen LogP contribution in [0.1, 0.15) is 25.0 Å². The van der Waals surface area contributed by atoms with E-state index in [1.54, 1.807) is 0 Å². The average molecular weight is 466 g/mol. The zero-order valence-corrected chi connectivity index (χ0v) is 20.5. The van der Waals surface area contributed by atoms with Crippen LogP contribution < -0.4 is 0 Å². The zero-order valence-electron chi connectivity index (χ0n) is 19.7. The van der Waals surface area contributed by atoms with Crippen molar-refractivity contribution in [2.45, 2.75) is 19.3 Å². The van der Waals surface area contributed by atoms with Gasteiger partial charge in [-0.1, -0.05) is 92.7 Å². The van der Waals surface area contributed by atoms with Crippen LogP contribution in [0, 0.1) is 0 Å². The number of hydrogen-bond acceptors (Lipinski definition) is 1. The molecule has 7 aromatic rings. The maximum atomic E-state index is 2.50. The molecular weight excluding hydrogens is 442 g/mol. The summed E-state index contributed by atoms with van der Waals surface area (Å²) in [5.41, 5.74) is 9.45. The quantitative estimate of drug-likeness (QED) is 0.227. The molecule has 2 heteroatoms. The topological polar surface area (TPSA) is 4.93 Å². The summed E-state index contributed by atoms with van der Waals surface area (Å²) < 4.78 is 5.24. The minimum atomic E-state index is -0.0713. The fourth-order valence-corrected chi connectivity index (χ4v) is 7.79. The summed E-state index contributed by atoms with van der Waals surface area (Å²) in [6.45, 7) is 4.82. The van der Waals surface area contributed by atoms with Gasteiger partial charge in [0.2, 0.25) is 0 Å². The average Bonchev–Trinajstić information content (AvgIpc) is 3.51. The lowest BCUT2D eigenvalue weighted by atomic mass is 9.80. The molecule has 0 atom stereocenters. The molecule has 1 aliphatic carbocycles. The maximum Gasteiger partial charge on any atom is 0.0726 e. The number of thiophene rings is 1. The molecule has 0 radical (unpaired) electrons. The van der Waals surface area contributed by atoms with Gasteiger partial charge >= 0.3 is 0 Å². The van der Waals surface area contributed by atoms with E-state index >= 15 is 0 Å². The van der Waals surface area contributed by atoms with E-state index in [1.807, 2.05) is 11.3 Å². The van der Waals surface area contributed by atoms with Crippen LogP contribution in [0.3, 0.4) is 0 Å². The smallest absolute Gasteiger partial charge is 0.0726 e. The number of fused-ring (bicyclic) bond motifs is 12. The SMILES string of the molecule is CC1(C)c2ccccc2-c2c1c1c3ccccc3sc1c1c2c2ccccc2n1-c1ccccc1. The molecule has 5 aromatic carbocycles. The highest BCUT2D eigenvalue weighted by atomic mass is 32.1. The van der Waals surface area contributed by atoms with E-state index in [0.29, 0.717) is 0 Å². The first-order valence-corrected chi connectivity index (χ1v) is 13.0. The molecule has 1 nitrogen and oxygen atoms in total. The van der Waals surface area contributed by atoms with Crippen LogP contribution in [0.25, 0.3) is 58.8 Å². The van der Waals surface area contributed by atoms with Gasteiger partial charge in [0, 0.05) is 37.3 Å². The lowest BCUT2D eigenvalue weighted by molar-refractivity contribution is 0.667. The molecule has 35 heavy (non-hydrogen) atoms. The Kier molecular flexibility index (Phi) is 3.67. The Balaban J connectivity index is 1.76. The molecule has 0 saturated carbocycles. The first kappa shape index (κ1) is 19.4. The standard InChI is InChI=1S/C33H23NS/c1-33(2)24-17-9-6-14-21(24)27-28-22-15-7-10-18-25(22)34(20-12-4-3-5-13-20)31(28)32-29(30(27)33)23-16-8-11-19-26(23)35-32/h3-19H,1-2H3. The van der Waals surface area contributed by atoms with Crippen LogP contribution in [0.15, 0.2) is 103 Å². The van der Waals surface area contributed by atoms with Crippen molar-refractivity contribution in [2.24, 2.45) is 0 Å². The Morgan fingerprint density at radius 3 is 2.20 bits per heavy atom. The predicted octanol–water partition coefficient (Wildman–Crippen LogP) is 9.46. The van der Waals surface area contributed by atoms with Gasteiger partial charge in [0.25, 0.3) is 0 Å². The van der Waals surface area contributed by atoms with Crippen LogP contribution in [-0.4, -0.2) is 4.57 Å². The lowest BCUT2D eigenvalue weighted by Gasteiger charge is -2.23. The third-order valence-electron chi connectivity index (χ3n) is 7.94. The van der Waals surface area contributed by atoms with Gasteiger partial charge in [0.15, 0.2) is 0 Å². The van der Waals surface area contributed by atoms with Crippen LogP contribution in [0.4, 0.5) is 0 Å². The van der Waals surface area contributed by atoms with Crippen molar-refractivity contribution in [2.75, 3.05) is 0 Å². The summed E-state index contributed by atoms with van der Waals surface area (Å²) >= 11 is 1.94. The molecule has 8 rings (SSSR count). The van der Waals surface area contributed by atoms with Gasteiger partial charge in [0.05, 0.1) is 15.7 Å². The number of benzene rings is 5. The van der Waals surface area contributed by atoms with Crippen molar-refractivity contribution in [1.82, 2.24) is 4.57 Å². The minimum absolute atomic E-state index is 0.0713. The summed E-state index contributed by atoms with van der Waals surface area (Å²) in [5.74, 6) is 0. The van der Waals surface area contributed by atoms with Gasteiger partial charge in [-0.15, -0.1) is 11.3 Å². The molecule has 1 aliphatic rings. The molecule has 166 valence electrons. The van der Waals surface area contributed by atoms with Crippen molar-refractivity contribution >= 4 is 53.3 Å². The molecule has 0 N–H and O–H groups in total. The Labute approximate surface area is 207 Å². The third-order valence-corrected chi connectivity index (χ3v) is 9.12. The van der Waals surface area contributed by atoms with Gasteiger partial charge in [-0.3, -0.25) is 0 Å². The first-order valence-electron chi connectivity index (χ1n) is 12.2. The van der Waals surface area contributed by atoms with E-state index < -0.39 is 0 Å². The monoisotopic (exact) mass is 465 g/mol. The fraction of sp³-hybridized carbons (Fsp3) is 0.0909. The molecular formula is C33H23NS. The van der Waals surface area contributed by atoms with E-state index in [9.17, 15) is 0 Å². The summed E-state index contributed by atoms with van der Waals surface area (Å²) in [7, 11) is 0. The Hall–Kier alpha value is -3.88. The van der Waals surface area contributed by atoms with Crippen molar-refractivity contribution in [3.05, 3.63) is 114 Å². The summed E-state index contributed by atoms with van der Waals surface area (Å²) in [6.07, 6.45) is 0. The van der Waals surface area contributed by atoms with Crippen molar-refractivity contribution < 1.29 is 0 Å². The minimum Gasteiger partial charge on any atom is -0.308 e. The highest BCUT2D eigenvalue weighted by Gasteiger charge is 2.40. The number of rotatable bonds is 1. The van der Waals surface area contributed by atoms with Crippen molar-refractivity contribution in [3.63, 3.8) is 0 Å². The summed E-state index contributed by atoms with van der Waals surface area (Å²) in [5, 5.41) is 5.51. The maximum absolute atomic E-state index is 2.50. The van der Waals surface area contributed by atoms with Crippen molar-refractivity contribution in [1.29, 1.82) is 0 Å². The highest BCUT2D eigenvalue weighted by molar-refractivity contribution is 7.26. The lowest BCUT2D eigenvalue weighted by Crippen LogP contribution is -2.15. The summed E-state index contributed by atoms with van der Waals surface area (Å²) in [6, 6.07) is 37.8. The molecule has 0 fully saturated rings. The van der Waals surface area contributed by atoms with E-state index in [1.165, 1.54) is 69.9 Å². The van der Waals surface area contributed by atoms with Gasteiger partial charge < -0.3 is 4.57 Å². The van der Waals surface area contributed by atoms with E-state index in [4.69, 9.17) is 0 Å². The zero-order chi connectivity index (χ0) is 23.3. The number of aromatic nitrogens is 1. The Morgan fingerprint density at radius 2 is 1.34 bits per heavy atom. The van der Waals surface area contributed by atoms with E-state index in [2.05, 4.69) is 122 Å². The highest BCUT2D eigenvalue weighted by Crippen LogP contribution is 2.58. The van der Waals surface area contributed by atoms with Gasteiger partial charge in [-0.2, -0.15) is 0 Å². The molecule has 0 unspecified atom stereocenters. The second-order valence-electron chi connectivity index (χ2n) is 10.1. The predicted molar refractivity (Wildman–Crippen MR) is 151 cm³/mol. The number of nitrogens with zero attached hydrogens (tertiary/aromatic N) is 1. The second kappa shape index (κ2) is 6.62. The van der Waals surface area contributed by atoms with E-state index in [-0.39, 0.29) is 5.41 Å². The Bertz CT molecular complexity index is 1970. The van der Waals surface area contributed by atoms with Crippen LogP contribution in [0.5, 0.6) is 0 Å². The number of hydrogen-bond donors (Lipinski definition) is 0. The van der Waals surface area contributed by atoms with Crippen molar-refractivity contribution in [3.8, 4) is 16.8 Å². The van der Waals surface area contributed by atoms with Crippen LogP contribution in [-0.2, 0) is 5.41 Å². The molecule has 2 aromatic heterocycles. The molecule has 0 aliphatic heterocycles. The first-order chi connectivity index (χ1) is 17.2. The molecule has 2 heterocycles. The largest absolute Gasteiger partial charge is 0.308 e. The molecule has 0 spiro atoms. The second-order valence-corrected chi connectivity index (χ2v) is 11.2. The Morgan fingerprint density at radius 1 is 0.657 bits per heavy atom. The normalized spacial score (nSPS) is 14.2. The van der Waals surface area contributed by atoms with Crippen LogP contribution >= 0.6 is 11.3 Å². The van der Waals surface area contributed by atoms with E-state index in [0.717, 1.165) is 0 Å². The summed E-state index contributed by atoms with van der Waals surface area (Å²) in [4.78, 5) is 0. The third kappa shape index (κ3) is 2.33. The molecule has 0 saturated heterocycles. The van der Waals surface area contributed by atoms with Crippen LogP contribution in [0.2, 0.25) is 0 Å².